The smallest absolute Gasteiger partial charge is 0.339 e. The molecule has 0 aliphatic heterocycles. The van der Waals surface area contributed by atoms with Crippen LogP contribution in [0.1, 0.15) is 28.8 Å². The van der Waals surface area contributed by atoms with E-state index in [4.69, 9.17) is 9.47 Å². The van der Waals surface area contributed by atoms with Gasteiger partial charge in [0.15, 0.2) is 0 Å². The van der Waals surface area contributed by atoms with Gasteiger partial charge in [-0.1, -0.05) is 36.4 Å². The highest BCUT2D eigenvalue weighted by Gasteiger charge is 2.19. The molecule has 0 bridgehead atoms. The topological polar surface area (TPSA) is 64.6 Å². The lowest BCUT2D eigenvalue weighted by atomic mass is 9.96. The SMILES string of the molecule is COC(=O)c1ccccc1NC(=O)[C@@H](C)c1ccc2cc(OC)ccc2c1. The molecule has 1 atom stereocenters. The summed E-state index contributed by atoms with van der Waals surface area (Å²) in [7, 11) is 2.95. The van der Waals surface area contributed by atoms with E-state index in [1.54, 1.807) is 31.4 Å². The molecule has 1 amide bonds. The predicted octanol–water partition coefficient (Wildman–Crippen LogP) is 4.38. The molecule has 0 spiro atoms. The Bertz CT molecular complexity index is 997. The number of amides is 1. The van der Waals surface area contributed by atoms with Gasteiger partial charge in [-0.3, -0.25) is 4.79 Å². The van der Waals surface area contributed by atoms with Crippen LogP contribution in [-0.2, 0) is 9.53 Å². The van der Waals surface area contributed by atoms with Gasteiger partial charge in [0.05, 0.1) is 31.4 Å². The molecule has 0 saturated heterocycles. The third-order valence-corrected chi connectivity index (χ3v) is 4.55. The zero-order valence-electron chi connectivity index (χ0n) is 15.5. The number of anilines is 1. The van der Waals surface area contributed by atoms with Crippen molar-refractivity contribution in [1.29, 1.82) is 0 Å². The number of fused-ring (bicyclic) bond motifs is 1. The van der Waals surface area contributed by atoms with Crippen LogP contribution in [0.2, 0.25) is 0 Å². The van der Waals surface area contributed by atoms with Gasteiger partial charge in [-0.15, -0.1) is 0 Å². The van der Waals surface area contributed by atoms with Crippen molar-refractivity contribution in [2.75, 3.05) is 19.5 Å². The zero-order valence-corrected chi connectivity index (χ0v) is 15.5. The average Bonchev–Trinajstić information content (AvgIpc) is 2.72. The van der Waals surface area contributed by atoms with Gasteiger partial charge in [0, 0.05) is 0 Å². The number of esters is 1. The maximum atomic E-state index is 12.7. The Kier molecular flexibility index (Phi) is 5.41. The van der Waals surface area contributed by atoms with Crippen LogP contribution in [0.15, 0.2) is 60.7 Å². The van der Waals surface area contributed by atoms with Crippen LogP contribution >= 0.6 is 0 Å². The van der Waals surface area contributed by atoms with E-state index in [2.05, 4.69) is 5.32 Å². The second kappa shape index (κ2) is 7.91. The maximum absolute atomic E-state index is 12.7. The molecule has 0 saturated carbocycles. The molecule has 0 radical (unpaired) electrons. The van der Waals surface area contributed by atoms with E-state index in [0.29, 0.717) is 11.3 Å². The lowest BCUT2D eigenvalue weighted by Crippen LogP contribution is -2.20. The number of ether oxygens (including phenoxy) is 2. The first kappa shape index (κ1) is 18.5. The fourth-order valence-electron chi connectivity index (χ4n) is 2.91. The first-order valence-corrected chi connectivity index (χ1v) is 8.59. The molecule has 0 heterocycles. The second-order valence-electron chi connectivity index (χ2n) is 6.22. The Morgan fingerprint density at radius 1 is 0.926 bits per heavy atom. The molecule has 27 heavy (non-hydrogen) atoms. The molecule has 0 aromatic heterocycles. The Labute approximate surface area is 157 Å². The minimum Gasteiger partial charge on any atom is -0.497 e. The molecule has 3 rings (SSSR count). The molecule has 5 nitrogen and oxygen atoms in total. The Hall–Kier alpha value is -3.34. The van der Waals surface area contributed by atoms with Crippen molar-refractivity contribution in [3.63, 3.8) is 0 Å². The van der Waals surface area contributed by atoms with Crippen molar-refractivity contribution in [3.8, 4) is 5.75 Å². The third-order valence-electron chi connectivity index (χ3n) is 4.55. The molecule has 3 aromatic rings. The van der Waals surface area contributed by atoms with Gasteiger partial charge < -0.3 is 14.8 Å². The molecule has 138 valence electrons. The first-order valence-electron chi connectivity index (χ1n) is 8.59. The van der Waals surface area contributed by atoms with Gasteiger partial charge >= 0.3 is 5.97 Å². The number of hydrogen-bond acceptors (Lipinski definition) is 4. The summed E-state index contributed by atoms with van der Waals surface area (Å²) in [6, 6.07) is 18.5. The van der Waals surface area contributed by atoms with Crippen LogP contribution < -0.4 is 10.1 Å². The molecular weight excluding hydrogens is 342 g/mol. The summed E-state index contributed by atoms with van der Waals surface area (Å²) < 4.78 is 10.0. The monoisotopic (exact) mass is 363 g/mol. The summed E-state index contributed by atoms with van der Waals surface area (Å²) in [6.45, 7) is 1.83. The van der Waals surface area contributed by atoms with Crippen LogP contribution in [0, 0.1) is 0 Å². The van der Waals surface area contributed by atoms with E-state index in [1.807, 2.05) is 43.3 Å². The number of carbonyl (C=O) groups is 2. The van der Waals surface area contributed by atoms with Crippen molar-refractivity contribution in [1.82, 2.24) is 0 Å². The van der Waals surface area contributed by atoms with Crippen molar-refractivity contribution >= 4 is 28.3 Å². The van der Waals surface area contributed by atoms with Gasteiger partial charge in [-0.2, -0.15) is 0 Å². The fraction of sp³-hybridized carbons (Fsp3) is 0.182. The van der Waals surface area contributed by atoms with Gasteiger partial charge in [-0.05, 0) is 47.5 Å². The summed E-state index contributed by atoms with van der Waals surface area (Å²) in [5.74, 6) is -0.278. The van der Waals surface area contributed by atoms with E-state index >= 15 is 0 Å². The first-order chi connectivity index (χ1) is 13.0. The summed E-state index contributed by atoms with van der Waals surface area (Å²) in [4.78, 5) is 24.6. The number of methoxy groups -OCH3 is 2. The van der Waals surface area contributed by atoms with Crippen molar-refractivity contribution in [2.45, 2.75) is 12.8 Å². The zero-order chi connectivity index (χ0) is 19.4. The van der Waals surface area contributed by atoms with Crippen LogP contribution in [-0.4, -0.2) is 26.1 Å². The number of carbonyl (C=O) groups excluding carboxylic acids is 2. The van der Waals surface area contributed by atoms with Crippen molar-refractivity contribution in [2.24, 2.45) is 0 Å². The predicted molar refractivity (Wildman–Crippen MR) is 105 cm³/mol. The number of nitrogens with one attached hydrogen (secondary N) is 1. The number of benzene rings is 3. The maximum Gasteiger partial charge on any atom is 0.339 e. The number of para-hydroxylation sites is 1. The lowest BCUT2D eigenvalue weighted by Gasteiger charge is -2.15. The van der Waals surface area contributed by atoms with Crippen molar-refractivity contribution < 1.29 is 19.1 Å². The van der Waals surface area contributed by atoms with Crippen LogP contribution in [0.25, 0.3) is 10.8 Å². The van der Waals surface area contributed by atoms with Crippen LogP contribution in [0.4, 0.5) is 5.69 Å². The summed E-state index contributed by atoms with van der Waals surface area (Å²) in [6.07, 6.45) is 0. The number of hydrogen-bond donors (Lipinski definition) is 1. The van der Waals surface area contributed by atoms with Crippen LogP contribution in [0.5, 0.6) is 5.75 Å². The van der Waals surface area contributed by atoms with E-state index in [0.717, 1.165) is 22.1 Å². The van der Waals surface area contributed by atoms with E-state index in [1.165, 1.54) is 7.11 Å². The average molecular weight is 363 g/mol. The van der Waals surface area contributed by atoms with Gasteiger partial charge in [-0.25, -0.2) is 4.79 Å². The standard InChI is InChI=1S/C22H21NO4/c1-14(15-8-9-17-13-18(26-2)11-10-16(17)12-15)21(24)23-20-7-5-4-6-19(20)22(25)27-3/h4-14H,1-3H3,(H,23,24)/t14-/m0/s1. The third kappa shape index (κ3) is 3.92. The second-order valence-corrected chi connectivity index (χ2v) is 6.22. The largest absolute Gasteiger partial charge is 0.497 e. The van der Waals surface area contributed by atoms with Gasteiger partial charge in [0.25, 0.3) is 0 Å². The highest BCUT2D eigenvalue weighted by molar-refractivity contribution is 6.03. The van der Waals surface area contributed by atoms with E-state index in [-0.39, 0.29) is 11.8 Å². The highest BCUT2D eigenvalue weighted by atomic mass is 16.5. The molecule has 0 aliphatic carbocycles. The summed E-state index contributed by atoms with van der Waals surface area (Å²) >= 11 is 0. The number of rotatable bonds is 5. The summed E-state index contributed by atoms with van der Waals surface area (Å²) in [5.41, 5.74) is 1.65. The van der Waals surface area contributed by atoms with E-state index < -0.39 is 5.97 Å². The Morgan fingerprint density at radius 2 is 1.63 bits per heavy atom. The van der Waals surface area contributed by atoms with Gasteiger partial charge in [0.1, 0.15) is 5.75 Å². The molecule has 1 N–H and O–H groups in total. The molecule has 0 fully saturated rings. The molecular formula is C22H21NO4. The van der Waals surface area contributed by atoms with Crippen molar-refractivity contribution in [3.05, 3.63) is 71.8 Å². The molecule has 3 aromatic carbocycles. The molecule has 5 heteroatoms. The molecule has 0 unspecified atom stereocenters. The van der Waals surface area contributed by atoms with Gasteiger partial charge in [0.2, 0.25) is 5.91 Å². The quantitative estimate of drug-likeness (QED) is 0.684. The summed E-state index contributed by atoms with van der Waals surface area (Å²) in [5, 5.41) is 4.90. The Morgan fingerprint density at radius 3 is 2.37 bits per heavy atom. The molecule has 0 aliphatic rings. The van der Waals surface area contributed by atoms with Crippen LogP contribution in [0.3, 0.4) is 0 Å². The fourth-order valence-corrected chi connectivity index (χ4v) is 2.91. The minimum atomic E-state index is -0.488. The lowest BCUT2D eigenvalue weighted by molar-refractivity contribution is -0.117. The normalized spacial score (nSPS) is 11.7. The highest BCUT2D eigenvalue weighted by Crippen LogP contribution is 2.26. The Balaban J connectivity index is 1.84. The van der Waals surface area contributed by atoms with E-state index in [9.17, 15) is 9.59 Å². The minimum absolute atomic E-state index is 0.195.